The number of amides is 3. The van der Waals surface area contributed by atoms with Gasteiger partial charge >= 0.3 is 6.03 Å². The first-order valence-corrected chi connectivity index (χ1v) is 11.4. The predicted molar refractivity (Wildman–Crippen MR) is 113 cm³/mol. The van der Waals surface area contributed by atoms with Crippen LogP contribution in [0.5, 0.6) is 0 Å². The van der Waals surface area contributed by atoms with E-state index in [0.717, 1.165) is 31.5 Å². The average Bonchev–Trinajstić information content (AvgIpc) is 3.26. The summed E-state index contributed by atoms with van der Waals surface area (Å²) in [5.41, 5.74) is 1.68. The van der Waals surface area contributed by atoms with Crippen LogP contribution in [0.4, 0.5) is 10.5 Å². The lowest BCUT2D eigenvalue weighted by Crippen LogP contribution is -2.42. The normalized spacial score (nSPS) is 19.6. The largest absolute Gasteiger partial charge is 0.348 e. The summed E-state index contributed by atoms with van der Waals surface area (Å²) in [6.07, 6.45) is 7.00. The molecule has 2 N–H and O–H groups in total. The van der Waals surface area contributed by atoms with E-state index < -0.39 is 15.9 Å². The molecule has 1 aromatic rings. The quantitative estimate of drug-likeness (QED) is 0.752. The van der Waals surface area contributed by atoms with Crippen molar-refractivity contribution in [3.05, 3.63) is 53.8 Å². The lowest BCUT2D eigenvalue weighted by atomic mass is 10.1. The highest BCUT2D eigenvalue weighted by Crippen LogP contribution is 2.18. The number of amidine groups is 1. The Morgan fingerprint density at radius 2 is 1.93 bits per heavy atom. The number of benzene rings is 1. The van der Waals surface area contributed by atoms with Gasteiger partial charge in [-0.2, -0.15) is 0 Å². The Labute approximate surface area is 175 Å². The number of anilines is 1. The van der Waals surface area contributed by atoms with Gasteiger partial charge in [-0.15, -0.1) is 4.40 Å². The second-order valence-corrected chi connectivity index (χ2v) is 9.08. The van der Waals surface area contributed by atoms with E-state index in [1.54, 1.807) is 40.3 Å². The Hall–Kier alpha value is -3.14. The number of sulfonamides is 1. The summed E-state index contributed by atoms with van der Waals surface area (Å²) in [4.78, 5) is 28.4. The minimum Gasteiger partial charge on any atom is -0.348 e. The van der Waals surface area contributed by atoms with Crippen LogP contribution in [0.15, 0.2) is 52.6 Å². The number of fused-ring (bicyclic) bond motifs is 1. The van der Waals surface area contributed by atoms with E-state index in [2.05, 4.69) is 15.0 Å². The monoisotopic (exact) mass is 429 g/mol. The Morgan fingerprint density at radius 3 is 2.73 bits per heavy atom. The van der Waals surface area contributed by atoms with Gasteiger partial charge in [-0.3, -0.25) is 4.79 Å². The van der Waals surface area contributed by atoms with Gasteiger partial charge in [-0.1, -0.05) is 12.1 Å². The number of nitrogens with one attached hydrogen (secondary N) is 2. The minimum atomic E-state index is -3.56. The fraction of sp³-hybridized carbons (Fsp3) is 0.350. The van der Waals surface area contributed by atoms with Gasteiger partial charge in [0.1, 0.15) is 0 Å². The maximum Gasteiger partial charge on any atom is 0.321 e. The van der Waals surface area contributed by atoms with Crippen LogP contribution in [0, 0.1) is 0 Å². The van der Waals surface area contributed by atoms with Crippen molar-refractivity contribution in [3.63, 3.8) is 0 Å². The Kier molecular flexibility index (Phi) is 5.58. The molecule has 3 heterocycles. The third-order valence-corrected chi connectivity index (χ3v) is 6.28. The predicted octanol–water partition coefficient (Wildman–Crippen LogP) is 1.43. The smallest absolute Gasteiger partial charge is 0.321 e. The number of allylic oxidation sites excluding steroid dienone is 2. The van der Waals surface area contributed by atoms with Gasteiger partial charge in [0, 0.05) is 38.1 Å². The third kappa shape index (κ3) is 4.54. The molecule has 1 saturated heterocycles. The average molecular weight is 430 g/mol. The molecule has 0 bridgehead atoms. The van der Waals surface area contributed by atoms with Gasteiger partial charge in [0.05, 0.1) is 11.3 Å². The molecule has 3 aliphatic heterocycles. The van der Waals surface area contributed by atoms with Gasteiger partial charge in [-0.25, -0.2) is 13.2 Å². The molecule has 4 rings (SSSR count). The molecule has 0 atom stereocenters. The van der Waals surface area contributed by atoms with Crippen LogP contribution in [0.2, 0.25) is 0 Å². The second-order valence-electron chi connectivity index (χ2n) is 7.32. The van der Waals surface area contributed by atoms with Crippen molar-refractivity contribution < 1.29 is 18.0 Å². The number of urea groups is 1. The molecule has 3 aliphatic rings. The number of carbonyl (C=O) groups excluding carboxylic acids is 2. The summed E-state index contributed by atoms with van der Waals surface area (Å²) in [6.45, 7) is 2.03. The van der Waals surface area contributed by atoms with E-state index in [1.807, 2.05) is 12.1 Å². The lowest BCUT2D eigenvalue weighted by molar-refractivity contribution is -0.117. The van der Waals surface area contributed by atoms with Crippen molar-refractivity contribution in [1.82, 2.24) is 15.1 Å². The summed E-state index contributed by atoms with van der Waals surface area (Å²) >= 11 is 0. The Balaban J connectivity index is 1.40. The molecule has 0 aliphatic carbocycles. The maximum absolute atomic E-state index is 12.7. The first kappa shape index (κ1) is 20.1. The highest BCUT2D eigenvalue weighted by atomic mass is 32.2. The summed E-state index contributed by atoms with van der Waals surface area (Å²) in [7, 11) is -3.56. The van der Waals surface area contributed by atoms with Crippen molar-refractivity contribution in [1.29, 1.82) is 0 Å². The SMILES string of the molecule is O=C(NCc1cccc(NC(=O)N2CCCC2)c1)C1=CC=CN2CCS(=O)(=O)N=C12. The van der Waals surface area contributed by atoms with E-state index in [9.17, 15) is 18.0 Å². The molecule has 9 nitrogen and oxygen atoms in total. The van der Waals surface area contributed by atoms with E-state index in [0.29, 0.717) is 5.69 Å². The van der Waals surface area contributed by atoms with E-state index in [1.165, 1.54) is 0 Å². The molecule has 3 amide bonds. The van der Waals surface area contributed by atoms with Gasteiger partial charge in [-0.05, 0) is 42.7 Å². The fourth-order valence-corrected chi connectivity index (χ4v) is 4.54. The van der Waals surface area contributed by atoms with Gasteiger partial charge < -0.3 is 20.4 Å². The zero-order chi connectivity index (χ0) is 21.1. The fourth-order valence-electron chi connectivity index (χ4n) is 3.55. The van der Waals surface area contributed by atoms with E-state index in [4.69, 9.17) is 0 Å². The second kappa shape index (κ2) is 8.31. The zero-order valence-electron chi connectivity index (χ0n) is 16.4. The Morgan fingerprint density at radius 1 is 1.13 bits per heavy atom. The summed E-state index contributed by atoms with van der Waals surface area (Å²) in [6, 6.07) is 7.13. The molecule has 158 valence electrons. The number of rotatable bonds is 4. The molecule has 10 heteroatoms. The van der Waals surface area contributed by atoms with Gasteiger partial charge in [0.15, 0.2) is 5.84 Å². The first-order chi connectivity index (χ1) is 14.4. The van der Waals surface area contributed by atoms with Crippen LogP contribution in [0.25, 0.3) is 0 Å². The topological polar surface area (TPSA) is 111 Å². The molecule has 0 saturated carbocycles. The summed E-state index contributed by atoms with van der Waals surface area (Å²) < 4.78 is 27.4. The zero-order valence-corrected chi connectivity index (χ0v) is 17.2. The highest BCUT2D eigenvalue weighted by molar-refractivity contribution is 7.90. The summed E-state index contributed by atoms with van der Waals surface area (Å²) in [5, 5.41) is 5.68. The summed E-state index contributed by atoms with van der Waals surface area (Å²) in [5.74, 6) is -0.342. The molecule has 30 heavy (non-hydrogen) atoms. The molecular formula is C20H23N5O4S. The Bertz CT molecular complexity index is 1050. The molecular weight excluding hydrogens is 406 g/mol. The van der Waals surface area contributed by atoms with Crippen LogP contribution < -0.4 is 10.6 Å². The first-order valence-electron chi connectivity index (χ1n) is 9.82. The standard InChI is InChI=1S/C20H23N5O4S/c26-19(17-7-4-10-24-11-12-30(28,29)23-18(17)24)21-14-15-5-3-6-16(13-15)22-20(27)25-8-1-2-9-25/h3-7,10,13H,1-2,8-9,11-12,14H2,(H,21,26)(H,22,27). The maximum atomic E-state index is 12.7. The van der Waals surface area contributed by atoms with Crippen LogP contribution >= 0.6 is 0 Å². The third-order valence-electron chi connectivity index (χ3n) is 5.13. The van der Waals surface area contributed by atoms with Crippen molar-refractivity contribution in [3.8, 4) is 0 Å². The number of carbonyl (C=O) groups is 2. The van der Waals surface area contributed by atoms with Crippen molar-refractivity contribution in [2.24, 2.45) is 4.40 Å². The van der Waals surface area contributed by atoms with Crippen LogP contribution in [-0.2, 0) is 21.4 Å². The van der Waals surface area contributed by atoms with Crippen LogP contribution in [-0.4, -0.2) is 61.4 Å². The molecule has 0 unspecified atom stereocenters. The number of hydrogen-bond donors (Lipinski definition) is 2. The van der Waals surface area contributed by atoms with Crippen LogP contribution in [0.3, 0.4) is 0 Å². The minimum absolute atomic E-state index is 0.0777. The lowest BCUT2D eigenvalue weighted by Gasteiger charge is -2.28. The van der Waals surface area contributed by atoms with Gasteiger partial charge in [0.25, 0.3) is 15.9 Å². The van der Waals surface area contributed by atoms with Crippen molar-refractivity contribution in [2.75, 3.05) is 30.7 Å². The molecule has 0 aromatic heterocycles. The van der Waals surface area contributed by atoms with Crippen LogP contribution in [0.1, 0.15) is 18.4 Å². The van der Waals surface area contributed by atoms with Gasteiger partial charge in [0.2, 0.25) is 0 Å². The van der Waals surface area contributed by atoms with Crippen molar-refractivity contribution >= 4 is 33.5 Å². The molecule has 0 spiro atoms. The number of likely N-dealkylation sites (tertiary alicyclic amines) is 1. The molecule has 1 aromatic carbocycles. The van der Waals surface area contributed by atoms with Crippen molar-refractivity contribution in [2.45, 2.75) is 19.4 Å². The highest BCUT2D eigenvalue weighted by Gasteiger charge is 2.29. The van der Waals surface area contributed by atoms with E-state index in [-0.39, 0.29) is 36.3 Å². The molecule has 1 fully saturated rings. The number of nitrogens with zero attached hydrogens (tertiary/aromatic N) is 3. The molecule has 0 radical (unpaired) electrons. The number of hydrogen-bond acceptors (Lipinski definition) is 5. The van der Waals surface area contributed by atoms with E-state index >= 15 is 0 Å².